The highest BCUT2D eigenvalue weighted by Crippen LogP contribution is 2.18. The molecule has 4 aromatic rings. The Hall–Kier alpha value is -3.52. The Morgan fingerprint density at radius 3 is 1.81 bits per heavy atom. The van der Waals surface area contributed by atoms with Gasteiger partial charge in [-0.2, -0.15) is 9.46 Å². The summed E-state index contributed by atoms with van der Waals surface area (Å²) in [5.41, 5.74) is 1.65. The van der Waals surface area contributed by atoms with E-state index in [4.69, 9.17) is 5.11 Å². The summed E-state index contributed by atoms with van der Waals surface area (Å²) < 4.78 is 6.28. The molecule has 0 saturated carbocycles. The molecule has 0 atom stereocenters. The van der Waals surface area contributed by atoms with Gasteiger partial charge in [-0.15, -0.1) is 0 Å². The van der Waals surface area contributed by atoms with Crippen LogP contribution in [0.5, 0.6) is 0 Å². The van der Waals surface area contributed by atoms with Crippen LogP contribution in [0.2, 0.25) is 0 Å². The van der Waals surface area contributed by atoms with E-state index in [1.807, 2.05) is 12.1 Å². The highest BCUT2D eigenvalue weighted by atomic mass is 79.9. The predicted molar refractivity (Wildman–Crippen MR) is 140 cm³/mol. The molecule has 36 heavy (non-hydrogen) atoms. The van der Waals surface area contributed by atoms with Gasteiger partial charge >= 0.3 is 0 Å². The Kier molecular flexibility index (Phi) is 14.4. The number of hydrogen-bond donors (Lipinski definition) is 1. The minimum Gasteiger partial charge on any atom is -0.618 e. The molecule has 0 aliphatic carbocycles. The van der Waals surface area contributed by atoms with Crippen LogP contribution in [0.4, 0.5) is 5.69 Å². The Morgan fingerprint density at radius 2 is 1.39 bits per heavy atom. The second-order valence-corrected chi connectivity index (χ2v) is 7.87. The van der Waals surface area contributed by atoms with Gasteiger partial charge in [0.05, 0.1) is 40.4 Å². The topological polar surface area (TPSA) is 152 Å². The average Bonchev–Trinajstić information content (AvgIpc) is 2.88. The Morgan fingerprint density at radius 1 is 0.944 bits per heavy atom. The van der Waals surface area contributed by atoms with Crippen molar-refractivity contribution in [3.63, 3.8) is 0 Å². The molecular weight excluding hydrogens is 602 g/mol. The first-order valence-corrected chi connectivity index (χ1v) is 11.6. The summed E-state index contributed by atoms with van der Waals surface area (Å²) in [6.07, 6.45) is 5.74. The predicted octanol–water partition coefficient (Wildman–Crippen LogP) is 4.38. The summed E-state index contributed by atoms with van der Waals surface area (Å²) in [5.74, 6) is 0. The van der Waals surface area contributed by atoms with Gasteiger partial charge in [-0.3, -0.25) is 10.1 Å². The van der Waals surface area contributed by atoms with Gasteiger partial charge in [-0.25, -0.2) is 9.97 Å². The number of rotatable bonds is 3. The normalized spacial score (nSPS) is 9.36. The monoisotopic (exact) mass is 623 g/mol. The molecule has 4 heterocycles. The summed E-state index contributed by atoms with van der Waals surface area (Å²) in [5, 5.41) is 41.0. The van der Waals surface area contributed by atoms with Crippen LogP contribution in [0.25, 0.3) is 22.8 Å². The number of nitro groups is 1. The van der Waals surface area contributed by atoms with Crippen molar-refractivity contribution in [2.24, 2.45) is 0 Å². The van der Waals surface area contributed by atoms with Crippen molar-refractivity contribution in [3.8, 4) is 22.8 Å². The molecule has 0 aromatic carbocycles. The van der Waals surface area contributed by atoms with Crippen molar-refractivity contribution >= 4 is 37.9 Å². The van der Waals surface area contributed by atoms with Gasteiger partial charge in [0.1, 0.15) is 11.4 Å². The fourth-order valence-electron chi connectivity index (χ4n) is 2.45. The van der Waals surface area contributed by atoms with Crippen LogP contribution >= 0.6 is 32.2 Å². The van der Waals surface area contributed by atoms with Crippen LogP contribution in [0.1, 0.15) is 6.92 Å². The zero-order valence-corrected chi connectivity index (χ0v) is 22.4. The van der Waals surface area contributed by atoms with Gasteiger partial charge in [-0.1, -0.05) is 28.1 Å². The van der Waals surface area contributed by atoms with Crippen LogP contribution in [0.3, 0.4) is 0 Å². The summed E-state index contributed by atoms with van der Waals surface area (Å²) >= 11 is 5.96. The molecule has 0 radical (unpaired) electrons. The quantitative estimate of drug-likeness (QED) is 0.153. The largest absolute Gasteiger partial charge is 0.618 e. The van der Waals surface area contributed by atoms with Gasteiger partial charge in [0.25, 0.3) is 5.69 Å². The van der Waals surface area contributed by atoms with Gasteiger partial charge in [-0.05, 0) is 31.2 Å². The lowest BCUT2D eigenvalue weighted by Crippen LogP contribution is -2.28. The van der Waals surface area contributed by atoms with Crippen LogP contribution in [-0.2, 0) is 3.83 Å². The Bertz CT molecular complexity index is 1200. The van der Waals surface area contributed by atoms with E-state index < -0.39 is 4.92 Å². The molecule has 4 aromatic heterocycles. The van der Waals surface area contributed by atoms with Crippen molar-refractivity contribution in [1.82, 2.24) is 9.97 Å². The van der Waals surface area contributed by atoms with Crippen LogP contribution < -0.4 is 9.46 Å². The van der Waals surface area contributed by atoms with Crippen molar-refractivity contribution in [3.05, 3.63) is 110 Å². The van der Waals surface area contributed by atoms with E-state index in [-0.39, 0.29) is 18.0 Å². The first-order chi connectivity index (χ1) is 17.3. The number of halogens is 2. The zero-order valence-electron chi connectivity index (χ0n) is 19.3. The maximum Gasteiger partial charge on any atom is 0.282 e. The van der Waals surface area contributed by atoms with Gasteiger partial charge in [0.2, 0.25) is 11.4 Å². The number of aromatic nitrogens is 4. The van der Waals surface area contributed by atoms with Crippen LogP contribution in [0, 0.1) is 20.5 Å². The van der Waals surface area contributed by atoms with Crippen molar-refractivity contribution in [1.29, 1.82) is 0 Å². The minimum absolute atomic E-state index is 0.132. The molecule has 0 spiro atoms. The van der Waals surface area contributed by atoms with E-state index in [0.717, 1.165) is 21.5 Å². The van der Waals surface area contributed by atoms with Crippen LogP contribution in [-0.4, -0.2) is 33.7 Å². The number of nitrogens with zero attached hydrogens (tertiary/aromatic N) is 5. The van der Waals surface area contributed by atoms with E-state index in [2.05, 4.69) is 46.0 Å². The molecule has 0 aliphatic rings. The molecule has 0 bridgehead atoms. The van der Waals surface area contributed by atoms with E-state index in [9.17, 15) is 20.5 Å². The second kappa shape index (κ2) is 17.0. The highest BCUT2D eigenvalue weighted by Gasteiger charge is 2.16. The molecule has 4 rings (SSSR count). The number of aliphatic hydroxyl groups is 1. The fourth-order valence-corrected chi connectivity index (χ4v) is 2.79. The Balaban J connectivity index is 0.000000298. The fraction of sp³-hybridized carbons (Fsp3) is 0.130. The SMILES string of the molecule is CCO.COBr.O=[N+]([O-])c1cc[n+]([O-])c(-c2ccccn2)c1.[O-][n+]1ccc(Br)cc1-c1ccccn1. The highest BCUT2D eigenvalue weighted by molar-refractivity contribution is 9.10. The molecule has 0 saturated heterocycles. The lowest BCUT2D eigenvalue weighted by atomic mass is 10.2. The molecule has 0 aliphatic heterocycles. The molecule has 13 heteroatoms. The van der Waals surface area contributed by atoms with Crippen LogP contribution in [0.15, 0.2) is 89.9 Å². The average molecular weight is 625 g/mol. The third kappa shape index (κ3) is 10.4. The summed E-state index contributed by atoms with van der Waals surface area (Å²) in [6.45, 7) is 1.93. The minimum atomic E-state index is -0.549. The summed E-state index contributed by atoms with van der Waals surface area (Å²) in [4.78, 5) is 18.1. The van der Waals surface area contributed by atoms with E-state index >= 15 is 0 Å². The lowest BCUT2D eigenvalue weighted by molar-refractivity contribution is -0.594. The smallest absolute Gasteiger partial charge is 0.282 e. The van der Waals surface area contributed by atoms with Gasteiger partial charge in [0.15, 0.2) is 12.4 Å². The zero-order chi connectivity index (χ0) is 26.9. The van der Waals surface area contributed by atoms with Crippen molar-refractivity contribution in [2.75, 3.05) is 13.7 Å². The molecule has 0 fully saturated rings. The molecule has 0 amide bonds. The number of hydrogen-bond acceptors (Lipinski definition) is 8. The maximum atomic E-state index is 11.4. The first-order valence-electron chi connectivity index (χ1n) is 10.1. The molecular formula is C23H23Br2N5O6. The van der Waals surface area contributed by atoms with E-state index in [1.165, 1.54) is 18.5 Å². The Labute approximate surface area is 224 Å². The van der Waals surface area contributed by atoms with E-state index in [0.29, 0.717) is 21.8 Å². The third-order valence-corrected chi connectivity index (χ3v) is 4.34. The van der Waals surface area contributed by atoms with Crippen molar-refractivity contribution in [2.45, 2.75) is 6.92 Å². The molecule has 190 valence electrons. The first kappa shape index (κ1) is 30.5. The van der Waals surface area contributed by atoms with E-state index in [1.54, 1.807) is 56.6 Å². The number of pyridine rings is 4. The lowest BCUT2D eigenvalue weighted by Gasteiger charge is -2.03. The van der Waals surface area contributed by atoms with Crippen molar-refractivity contribution < 1.29 is 23.3 Å². The molecule has 1 N–H and O–H groups in total. The van der Waals surface area contributed by atoms with Gasteiger partial charge < -0.3 is 19.3 Å². The summed E-state index contributed by atoms with van der Waals surface area (Å²) in [7, 11) is 1.54. The molecule has 11 nitrogen and oxygen atoms in total. The third-order valence-electron chi connectivity index (χ3n) is 3.85. The number of aliphatic hydroxyl groups excluding tert-OH is 1. The summed E-state index contributed by atoms with van der Waals surface area (Å²) in [6, 6.07) is 16.3. The maximum absolute atomic E-state index is 11.4. The van der Waals surface area contributed by atoms with Gasteiger partial charge in [0, 0.05) is 35.6 Å². The standard InChI is InChI=1S/C10H7BrN2O.C10H7N3O3.C2H6O.CH3BrO/c11-8-4-6-13(14)10(7-8)9-3-1-2-5-12-9;14-12-6-4-8(13(15)16)7-10(12)9-3-1-2-5-11-9;1-2-3;1-3-2/h1-7H;1-7H;3H,2H2,1H3;1H3. The second-order valence-electron chi connectivity index (χ2n) is 6.31. The molecule has 0 unspecified atom stereocenters.